The number of nitrogens with two attached hydrogens (primary N) is 1. The SMILES string of the molecule is CC(N)(C(=O)Nc1cccc(Cl)c1Cl)c1ccccc1. The number of nitrogens with one attached hydrogen (secondary N) is 1. The first kappa shape index (κ1) is 14.9. The standard InChI is InChI=1S/C15H14Cl2N2O/c1-15(18,10-6-3-2-4-7-10)14(20)19-12-9-5-8-11(16)13(12)17/h2-9H,18H2,1H3,(H,19,20). The normalized spacial score (nSPS) is 13.6. The van der Waals surface area contributed by atoms with Crippen molar-refractivity contribution in [3.63, 3.8) is 0 Å². The Bertz CT molecular complexity index is 627. The molecule has 1 unspecified atom stereocenters. The quantitative estimate of drug-likeness (QED) is 0.906. The number of carbonyl (C=O) groups excluding carboxylic acids is 1. The number of benzene rings is 2. The van der Waals surface area contributed by atoms with Gasteiger partial charge in [0.1, 0.15) is 5.54 Å². The third-order valence-corrected chi connectivity index (χ3v) is 3.86. The molecule has 5 heteroatoms. The molecule has 0 radical (unpaired) electrons. The van der Waals surface area contributed by atoms with Crippen molar-refractivity contribution in [2.75, 3.05) is 5.32 Å². The van der Waals surface area contributed by atoms with E-state index in [2.05, 4.69) is 5.32 Å². The second kappa shape index (κ2) is 5.83. The second-order valence-electron chi connectivity index (χ2n) is 4.62. The molecule has 0 fully saturated rings. The molecule has 3 nitrogen and oxygen atoms in total. The fraction of sp³-hybridized carbons (Fsp3) is 0.133. The number of hydrogen-bond acceptors (Lipinski definition) is 2. The molecule has 0 bridgehead atoms. The van der Waals surface area contributed by atoms with Gasteiger partial charge in [-0.3, -0.25) is 4.79 Å². The summed E-state index contributed by atoms with van der Waals surface area (Å²) in [7, 11) is 0. The van der Waals surface area contributed by atoms with Crippen molar-refractivity contribution < 1.29 is 4.79 Å². The topological polar surface area (TPSA) is 55.1 Å². The molecule has 2 rings (SSSR count). The molecule has 2 aromatic carbocycles. The Morgan fingerprint density at radius 2 is 1.75 bits per heavy atom. The smallest absolute Gasteiger partial charge is 0.248 e. The van der Waals surface area contributed by atoms with Gasteiger partial charge in [-0.25, -0.2) is 0 Å². The van der Waals surface area contributed by atoms with Crippen molar-refractivity contribution in [1.29, 1.82) is 0 Å². The van der Waals surface area contributed by atoms with Crippen LogP contribution in [0.4, 0.5) is 5.69 Å². The number of halogens is 2. The maximum atomic E-state index is 12.4. The number of carbonyl (C=O) groups is 1. The van der Waals surface area contributed by atoms with Crippen LogP contribution in [0.15, 0.2) is 48.5 Å². The monoisotopic (exact) mass is 308 g/mol. The third kappa shape index (κ3) is 2.96. The third-order valence-electron chi connectivity index (χ3n) is 3.04. The van der Waals surface area contributed by atoms with Crippen molar-refractivity contribution in [3.05, 3.63) is 64.1 Å². The van der Waals surface area contributed by atoms with Crippen LogP contribution in [0.3, 0.4) is 0 Å². The van der Waals surface area contributed by atoms with Crippen molar-refractivity contribution in [2.45, 2.75) is 12.5 Å². The molecule has 0 aromatic heterocycles. The van der Waals surface area contributed by atoms with Crippen LogP contribution in [0.25, 0.3) is 0 Å². The van der Waals surface area contributed by atoms with E-state index in [9.17, 15) is 4.79 Å². The summed E-state index contributed by atoms with van der Waals surface area (Å²) >= 11 is 12.0. The molecule has 0 spiro atoms. The molecule has 0 heterocycles. The van der Waals surface area contributed by atoms with E-state index >= 15 is 0 Å². The summed E-state index contributed by atoms with van der Waals surface area (Å²) in [5.41, 5.74) is 6.13. The van der Waals surface area contributed by atoms with Gasteiger partial charge in [-0.1, -0.05) is 59.6 Å². The molecular weight excluding hydrogens is 295 g/mol. The molecule has 0 aliphatic rings. The van der Waals surface area contributed by atoms with Gasteiger partial charge < -0.3 is 11.1 Å². The molecule has 20 heavy (non-hydrogen) atoms. The van der Waals surface area contributed by atoms with Crippen LogP contribution in [0.5, 0.6) is 0 Å². The molecule has 104 valence electrons. The average Bonchev–Trinajstić information content (AvgIpc) is 2.44. The summed E-state index contributed by atoms with van der Waals surface area (Å²) in [6.45, 7) is 1.65. The van der Waals surface area contributed by atoms with Crippen molar-refractivity contribution >= 4 is 34.8 Å². The summed E-state index contributed by atoms with van der Waals surface area (Å²) in [4.78, 5) is 12.4. The van der Waals surface area contributed by atoms with E-state index < -0.39 is 5.54 Å². The highest BCUT2D eigenvalue weighted by Gasteiger charge is 2.30. The Morgan fingerprint density at radius 1 is 1.10 bits per heavy atom. The van der Waals surface area contributed by atoms with Gasteiger partial charge in [0.15, 0.2) is 0 Å². The maximum Gasteiger partial charge on any atom is 0.248 e. The summed E-state index contributed by atoms with van der Waals surface area (Å²) in [5.74, 6) is -0.354. The predicted octanol–water partition coefficient (Wildman–Crippen LogP) is 3.81. The van der Waals surface area contributed by atoms with E-state index in [0.717, 1.165) is 5.56 Å². The largest absolute Gasteiger partial charge is 0.323 e. The van der Waals surface area contributed by atoms with Gasteiger partial charge in [0.2, 0.25) is 5.91 Å². The molecule has 2 aromatic rings. The summed E-state index contributed by atoms with van der Waals surface area (Å²) in [5, 5.41) is 3.38. The van der Waals surface area contributed by atoms with Crippen LogP contribution in [-0.4, -0.2) is 5.91 Å². The molecule has 0 saturated carbocycles. The van der Waals surface area contributed by atoms with E-state index in [1.165, 1.54) is 0 Å². The predicted molar refractivity (Wildman–Crippen MR) is 83.1 cm³/mol. The number of anilines is 1. The molecule has 0 aliphatic carbocycles. The lowest BCUT2D eigenvalue weighted by molar-refractivity contribution is -0.120. The van der Waals surface area contributed by atoms with Gasteiger partial charge >= 0.3 is 0 Å². The lowest BCUT2D eigenvalue weighted by Crippen LogP contribution is -2.45. The average molecular weight is 309 g/mol. The first-order valence-corrected chi connectivity index (χ1v) is 6.78. The second-order valence-corrected chi connectivity index (χ2v) is 5.41. The first-order valence-electron chi connectivity index (χ1n) is 6.03. The minimum Gasteiger partial charge on any atom is -0.323 e. The first-order chi connectivity index (χ1) is 9.43. The molecule has 1 amide bonds. The highest BCUT2D eigenvalue weighted by Crippen LogP contribution is 2.30. The van der Waals surface area contributed by atoms with Crippen LogP contribution < -0.4 is 11.1 Å². The molecule has 3 N–H and O–H groups in total. The van der Waals surface area contributed by atoms with Crippen molar-refractivity contribution in [3.8, 4) is 0 Å². The zero-order valence-corrected chi connectivity index (χ0v) is 12.4. The highest BCUT2D eigenvalue weighted by atomic mass is 35.5. The van der Waals surface area contributed by atoms with Gasteiger partial charge in [0, 0.05) is 0 Å². The summed E-state index contributed by atoms with van der Waals surface area (Å²) in [6, 6.07) is 14.2. The van der Waals surface area contributed by atoms with Gasteiger partial charge in [-0.15, -0.1) is 0 Å². The van der Waals surface area contributed by atoms with Crippen LogP contribution in [0.1, 0.15) is 12.5 Å². The van der Waals surface area contributed by atoms with Gasteiger partial charge in [-0.2, -0.15) is 0 Å². The van der Waals surface area contributed by atoms with Crippen LogP contribution >= 0.6 is 23.2 Å². The zero-order valence-electron chi connectivity index (χ0n) is 10.9. The Hall–Kier alpha value is -1.55. The molecule has 0 aliphatic heterocycles. The minimum atomic E-state index is -1.16. The Balaban J connectivity index is 2.26. The van der Waals surface area contributed by atoms with Crippen molar-refractivity contribution in [1.82, 2.24) is 0 Å². The number of rotatable bonds is 3. The van der Waals surface area contributed by atoms with Crippen LogP contribution in [-0.2, 0) is 10.3 Å². The van der Waals surface area contributed by atoms with E-state index in [0.29, 0.717) is 15.7 Å². The van der Waals surface area contributed by atoms with E-state index in [4.69, 9.17) is 28.9 Å². The lowest BCUT2D eigenvalue weighted by Gasteiger charge is -2.24. The fourth-order valence-electron chi connectivity index (χ4n) is 1.77. The zero-order chi connectivity index (χ0) is 14.8. The van der Waals surface area contributed by atoms with Crippen LogP contribution in [0.2, 0.25) is 10.0 Å². The highest BCUT2D eigenvalue weighted by molar-refractivity contribution is 6.44. The van der Waals surface area contributed by atoms with Gasteiger partial charge in [0.05, 0.1) is 15.7 Å². The van der Waals surface area contributed by atoms with Gasteiger partial charge in [-0.05, 0) is 24.6 Å². The Morgan fingerprint density at radius 3 is 2.40 bits per heavy atom. The number of amides is 1. The Labute approximate surface area is 127 Å². The van der Waals surface area contributed by atoms with Crippen LogP contribution in [0, 0.1) is 0 Å². The summed E-state index contributed by atoms with van der Waals surface area (Å²) < 4.78 is 0. The Kier molecular flexibility index (Phi) is 4.33. The van der Waals surface area contributed by atoms with Crippen molar-refractivity contribution in [2.24, 2.45) is 5.73 Å². The molecule has 1 atom stereocenters. The fourth-order valence-corrected chi connectivity index (χ4v) is 2.12. The minimum absolute atomic E-state index is 0.298. The summed E-state index contributed by atoms with van der Waals surface area (Å²) in [6.07, 6.45) is 0. The molecule has 0 saturated heterocycles. The maximum absolute atomic E-state index is 12.4. The number of hydrogen-bond donors (Lipinski definition) is 2. The lowest BCUT2D eigenvalue weighted by atomic mass is 9.92. The van der Waals surface area contributed by atoms with Gasteiger partial charge in [0.25, 0.3) is 0 Å². The van der Waals surface area contributed by atoms with E-state index in [1.807, 2.05) is 18.2 Å². The van der Waals surface area contributed by atoms with E-state index in [1.54, 1.807) is 37.3 Å². The van der Waals surface area contributed by atoms with E-state index in [-0.39, 0.29) is 5.91 Å². The molecular formula is C15H14Cl2N2O.